The first kappa shape index (κ1) is 8.41. The molecule has 1 aliphatic carbocycles. The van der Waals surface area contributed by atoms with Gasteiger partial charge in [0.25, 0.3) is 0 Å². The maximum absolute atomic E-state index is 4.52. The topological polar surface area (TPSA) is 30.2 Å². The van der Waals surface area contributed by atoms with Crippen molar-refractivity contribution in [1.82, 2.24) is 14.6 Å². The smallest absolute Gasteiger partial charge is 0.155 e. The molecule has 3 rings (SSSR count). The van der Waals surface area contributed by atoms with E-state index in [0.717, 1.165) is 10.1 Å². The summed E-state index contributed by atoms with van der Waals surface area (Å²) in [7, 11) is 0. The summed E-state index contributed by atoms with van der Waals surface area (Å²) in [4.78, 5) is 4.30. The molecule has 3 nitrogen and oxygen atoms in total. The van der Waals surface area contributed by atoms with Crippen molar-refractivity contribution in [3.8, 4) is 0 Å². The van der Waals surface area contributed by atoms with Crippen LogP contribution in [0.15, 0.2) is 22.9 Å². The minimum absolute atomic E-state index is 0.676. The summed E-state index contributed by atoms with van der Waals surface area (Å²) in [6.45, 7) is 0. The van der Waals surface area contributed by atoms with Crippen LogP contribution in [-0.2, 0) is 0 Å². The summed E-state index contributed by atoms with van der Waals surface area (Å²) in [5.41, 5.74) is 2.14. The van der Waals surface area contributed by atoms with Gasteiger partial charge in [0, 0.05) is 24.4 Å². The maximum atomic E-state index is 4.52. The predicted octanol–water partition coefficient (Wildman–Crippen LogP) is 2.76. The molecule has 14 heavy (non-hydrogen) atoms. The van der Waals surface area contributed by atoms with E-state index in [1.54, 1.807) is 0 Å². The van der Waals surface area contributed by atoms with Crippen molar-refractivity contribution >= 4 is 21.6 Å². The predicted molar refractivity (Wildman–Crippen MR) is 57.3 cm³/mol. The molecule has 0 atom stereocenters. The third-order valence-corrected chi connectivity index (χ3v) is 3.23. The van der Waals surface area contributed by atoms with Crippen molar-refractivity contribution in [3.05, 3.63) is 28.6 Å². The molecule has 0 radical (unpaired) electrons. The Kier molecular flexibility index (Phi) is 1.83. The lowest BCUT2D eigenvalue weighted by molar-refractivity contribution is 0.409. The minimum atomic E-state index is 0.676. The van der Waals surface area contributed by atoms with Crippen LogP contribution in [0.1, 0.15) is 30.9 Å². The van der Waals surface area contributed by atoms with Gasteiger partial charge in [-0.25, -0.2) is 9.50 Å². The molecule has 0 aromatic carbocycles. The fourth-order valence-electron chi connectivity index (χ4n) is 1.78. The second kappa shape index (κ2) is 3.05. The Bertz CT molecular complexity index is 473. The summed E-state index contributed by atoms with van der Waals surface area (Å²) < 4.78 is 2.81. The van der Waals surface area contributed by atoms with E-state index in [0.29, 0.717) is 5.92 Å². The molecule has 72 valence electrons. The Morgan fingerprint density at radius 2 is 2.29 bits per heavy atom. The highest BCUT2D eigenvalue weighted by molar-refractivity contribution is 9.10. The molecule has 1 aliphatic rings. The lowest BCUT2D eigenvalue weighted by Gasteiger charge is -2.22. The van der Waals surface area contributed by atoms with E-state index in [2.05, 4.69) is 32.1 Å². The van der Waals surface area contributed by atoms with Crippen molar-refractivity contribution in [1.29, 1.82) is 0 Å². The van der Waals surface area contributed by atoms with Crippen LogP contribution in [0.5, 0.6) is 0 Å². The number of nitrogens with zero attached hydrogens (tertiary/aromatic N) is 3. The van der Waals surface area contributed by atoms with Crippen molar-refractivity contribution in [2.45, 2.75) is 25.2 Å². The van der Waals surface area contributed by atoms with E-state index in [-0.39, 0.29) is 0 Å². The molecule has 4 heteroatoms. The Hall–Kier alpha value is -0.900. The molecule has 2 aromatic heterocycles. The summed E-state index contributed by atoms with van der Waals surface area (Å²) in [6, 6.07) is 2.09. The Morgan fingerprint density at radius 1 is 1.43 bits per heavy atom. The third kappa shape index (κ3) is 1.25. The molecule has 1 fully saturated rings. The molecule has 0 amide bonds. The summed E-state index contributed by atoms with van der Waals surface area (Å²) >= 11 is 3.39. The molecule has 2 aromatic rings. The summed E-state index contributed by atoms with van der Waals surface area (Å²) in [6.07, 6.45) is 7.66. The zero-order valence-electron chi connectivity index (χ0n) is 7.65. The highest BCUT2D eigenvalue weighted by Gasteiger charge is 2.22. The van der Waals surface area contributed by atoms with Gasteiger partial charge >= 0.3 is 0 Å². The van der Waals surface area contributed by atoms with E-state index < -0.39 is 0 Å². The SMILES string of the molecule is Brc1cnc2cc(C3CCC3)nn2c1. The monoisotopic (exact) mass is 251 g/mol. The number of aromatic nitrogens is 3. The molecule has 2 heterocycles. The zero-order chi connectivity index (χ0) is 9.54. The number of hydrogen-bond donors (Lipinski definition) is 0. The van der Waals surface area contributed by atoms with Gasteiger partial charge < -0.3 is 0 Å². The van der Waals surface area contributed by atoms with Gasteiger partial charge in [0.05, 0.1) is 10.2 Å². The standard InChI is InChI=1S/C10H10BrN3/c11-8-5-12-10-4-9(7-2-1-3-7)13-14(10)6-8/h4-7H,1-3H2. The molecule has 0 spiro atoms. The van der Waals surface area contributed by atoms with Gasteiger partial charge in [0.2, 0.25) is 0 Å². The van der Waals surface area contributed by atoms with Crippen LogP contribution in [0.2, 0.25) is 0 Å². The van der Waals surface area contributed by atoms with Crippen molar-refractivity contribution in [2.75, 3.05) is 0 Å². The molecular formula is C10H10BrN3. The van der Waals surface area contributed by atoms with E-state index in [9.17, 15) is 0 Å². The van der Waals surface area contributed by atoms with Crippen LogP contribution in [-0.4, -0.2) is 14.6 Å². The van der Waals surface area contributed by atoms with E-state index in [1.807, 2.05) is 16.9 Å². The first-order valence-electron chi connectivity index (χ1n) is 4.84. The second-order valence-corrected chi connectivity index (χ2v) is 4.69. The first-order chi connectivity index (χ1) is 6.83. The molecule has 1 saturated carbocycles. The van der Waals surface area contributed by atoms with Crippen LogP contribution in [0.4, 0.5) is 0 Å². The van der Waals surface area contributed by atoms with Gasteiger partial charge in [-0.2, -0.15) is 5.10 Å². The van der Waals surface area contributed by atoms with Crippen molar-refractivity contribution in [2.24, 2.45) is 0 Å². The average Bonchev–Trinajstić information content (AvgIpc) is 2.43. The van der Waals surface area contributed by atoms with Gasteiger partial charge in [-0.05, 0) is 28.8 Å². The van der Waals surface area contributed by atoms with Crippen molar-refractivity contribution < 1.29 is 0 Å². The molecule has 0 aliphatic heterocycles. The van der Waals surface area contributed by atoms with Gasteiger partial charge in [-0.3, -0.25) is 0 Å². The Morgan fingerprint density at radius 3 is 3.00 bits per heavy atom. The molecule has 0 saturated heterocycles. The second-order valence-electron chi connectivity index (χ2n) is 3.77. The van der Waals surface area contributed by atoms with Gasteiger partial charge in [0.15, 0.2) is 5.65 Å². The molecule has 0 bridgehead atoms. The largest absolute Gasteiger partial charge is 0.236 e. The summed E-state index contributed by atoms with van der Waals surface area (Å²) in [5, 5.41) is 4.52. The van der Waals surface area contributed by atoms with E-state index >= 15 is 0 Å². The summed E-state index contributed by atoms with van der Waals surface area (Å²) in [5.74, 6) is 0.676. The quantitative estimate of drug-likeness (QED) is 0.781. The number of halogens is 1. The molecule has 0 unspecified atom stereocenters. The third-order valence-electron chi connectivity index (χ3n) is 2.82. The minimum Gasteiger partial charge on any atom is -0.236 e. The lowest BCUT2D eigenvalue weighted by Crippen LogP contribution is -2.09. The normalized spacial score (nSPS) is 17.2. The number of rotatable bonds is 1. The van der Waals surface area contributed by atoms with Crippen LogP contribution >= 0.6 is 15.9 Å². The van der Waals surface area contributed by atoms with Crippen LogP contribution in [0.25, 0.3) is 5.65 Å². The molecular weight excluding hydrogens is 242 g/mol. The van der Waals surface area contributed by atoms with Crippen LogP contribution < -0.4 is 0 Å². The first-order valence-corrected chi connectivity index (χ1v) is 5.63. The number of fused-ring (bicyclic) bond motifs is 1. The average molecular weight is 252 g/mol. The molecule has 0 N–H and O–H groups in total. The van der Waals surface area contributed by atoms with Crippen LogP contribution in [0, 0.1) is 0 Å². The van der Waals surface area contributed by atoms with Gasteiger partial charge in [0.1, 0.15) is 0 Å². The van der Waals surface area contributed by atoms with E-state index in [4.69, 9.17) is 0 Å². The fraction of sp³-hybridized carbons (Fsp3) is 0.400. The zero-order valence-corrected chi connectivity index (χ0v) is 9.24. The van der Waals surface area contributed by atoms with Gasteiger partial charge in [-0.15, -0.1) is 0 Å². The van der Waals surface area contributed by atoms with Crippen LogP contribution in [0.3, 0.4) is 0 Å². The Labute approximate surface area is 90.3 Å². The highest BCUT2D eigenvalue weighted by Crippen LogP contribution is 2.35. The highest BCUT2D eigenvalue weighted by atomic mass is 79.9. The fourth-order valence-corrected chi connectivity index (χ4v) is 2.07. The lowest BCUT2D eigenvalue weighted by atomic mass is 9.83. The van der Waals surface area contributed by atoms with E-state index in [1.165, 1.54) is 25.0 Å². The number of hydrogen-bond acceptors (Lipinski definition) is 2. The maximum Gasteiger partial charge on any atom is 0.155 e. The Balaban J connectivity index is 2.10. The van der Waals surface area contributed by atoms with Gasteiger partial charge in [-0.1, -0.05) is 6.42 Å². The van der Waals surface area contributed by atoms with Crippen molar-refractivity contribution in [3.63, 3.8) is 0 Å².